The Morgan fingerprint density at radius 1 is 1.33 bits per heavy atom. The Kier molecular flexibility index (Phi) is 7.93. The van der Waals surface area contributed by atoms with Crippen molar-refractivity contribution in [3.8, 4) is 6.07 Å². The molecule has 0 radical (unpaired) electrons. The zero-order valence-electron chi connectivity index (χ0n) is 11.6. The largest absolute Gasteiger partial charge is 0.395 e. The first-order valence-corrected chi connectivity index (χ1v) is 7.67. The van der Waals surface area contributed by atoms with Gasteiger partial charge in [0.25, 0.3) is 0 Å². The molecule has 0 rings (SSSR count). The standard InChI is InChI=1S/C12H25N2O3P/c1-9(2)18(10(3)4)12(16,11(14)8-15)17-7-5-6-13/h9-11,15-16H,5,7-8,14H2,1-4H3. The molecule has 0 aromatic carbocycles. The van der Waals surface area contributed by atoms with Gasteiger partial charge < -0.3 is 20.7 Å². The van der Waals surface area contributed by atoms with Crippen LogP contribution < -0.4 is 5.73 Å². The number of nitrogens with zero attached hydrogens (tertiary/aromatic N) is 1. The van der Waals surface area contributed by atoms with Gasteiger partial charge in [-0.25, -0.2) is 0 Å². The molecule has 2 atom stereocenters. The number of hydrogen-bond acceptors (Lipinski definition) is 5. The van der Waals surface area contributed by atoms with Crippen molar-refractivity contribution in [3.63, 3.8) is 0 Å². The second kappa shape index (κ2) is 8.04. The third-order valence-corrected chi connectivity index (χ3v) is 6.12. The van der Waals surface area contributed by atoms with Crippen LogP contribution in [0.5, 0.6) is 0 Å². The second-order valence-corrected chi connectivity index (χ2v) is 8.32. The Labute approximate surface area is 111 Å². The molecule has 0 aliphatic heterocycles. The van der Waals surface area contributed by atoms with Crippen molar-refractivity contribution < 1.29 is 14.9 Å². The monoisotopic (exact) mass is 276 g/mol. The van der Waals surface area contributed by atoms with E-state index in [9.17, 15) is 10.2 Å². The van der Waals surface area contributed by atoms with E-state index in [4.69, 9.17) is 15.7 Å². The number of hydrogen-bond donors (Lipinski definition) is 3. The number of nitriles is 1. The lowest BCUT2D eigenvalue weighted by atomic mass is 10.3. The Morgan fingerprint density at radius 3 is 2.17 bits per heavy atom. The van der Waals surface area contributed by atoms with Crippen molar-refractivity contribution in [1.29, 1.82) is 5.26 Å². The SMILES string of the molecule is CC(C)P(C(C)C)C(O)(OCCC#N)C(N)CO. The Balaban J connectivity index is 5.10. The van der Waals surface area contributed by atoms with Gasteiger partial charge >= 0.3 is 0 Å². The first-order valence-electron chi connectivity index (χ1n) is 6.19. The van der Waals surface area contributed by atoms with Crippen molar-refractivity contribution in [2.45, 2.75) is 57.0 Å². The van der Waals surface area contributed by atoms with Crippen molar-refractivity contribution in [3.05, 3.63) is 0 Å². The Hall–Kier alpha value is -0.240. The van der Waals surface area contributed by atoms with Gasteiger partial charge in [0.2, 0.25) is 5.53 Å². The molecule has 0 bridgehead atoms. The topological polar surface area (TPSA) is 99.5 Å². The van der Waals surface area contributed by atoms with Crippen LogP contribution in [0.15, 0.2) is 0 Å². The molecule has 0 spiro atoms. The molecule has 0 aliphatic rings. The van der Waals surface area contributed by atoms with Crippen LogP contribution in [-0.2, 0) is 4.74 Å². The van der Waals surface area contributed by atoms with Gasteiger partial charge in [-0.2, -0.15) is 5.26 Å². The van der Waals surface area contributed by atoms with Crippen LogP contribution in [0.4, 0.5) is 0 Å². The van der Waals surface area contributed by atoms with E-state index >= 15 is 0 Å². The van der Waals surface area contributed by atoms with Gasteiger partial charge in [-0.3, -0.25) is 0 Å². The number of aliphatic hydroxyl groups excluding tert-OH is 1. The molecule has 6 heteroatoms. The fourth-order valence-corrected chi connectivity index (χ4v) is 5.45. The smallest absolute Gasteiger partial charge is 0.202 e. The summed E-state index contributed by atoms with van der Waals surface area (Å²) in [5.74, 6) is 0. The lowest BCUT2D eigenvalue weighted by molar-refractivity contribution is -0.155. The van der Waals surface area contributed by atoms with E-state index in [1.165, 1.54) is 0 Å². The highest BCUT2D eigenvalue weighted by Gasteiger charge is 2.45. The van der Waals surface area contributed by atoms with E-state index in [1.807, 2.05) is 33.8 Å². The predicted octanol–water partition coefficient (Wildman–Crippen LogP) is 1.18. The molecular formula is C12H25N2O3P. The third kappa shape index (κ3) is 4.46. The summed E-state index contributed by atoms with van der Waals surface area (Å²) in [4.78, 5) is 0. The van der Waals surface area contributed by atoms with Crippen molar-refractivity contribution in [1.82, 2.24) is 0 Å². The van der Waals surface area contributed by atoms with Crippen molar-refractivity contribution in [2.75, 3.05) is 13.2 Å². The molecular weight excluding hydrogens is 251 g/mol. The summed E-state index contributed by atoms with van der Waals surface area (Å²) in [6.45, 7) is 7.81. The zero-order valence-corrected chi connectivity index (χ0v) is 12.5. The molecule has 0 aliphatic carbocycles. The van der Waals surface area contributed by atoms with Crippen LogP contribution in [0, 0.1) is 11.3 Å². The minimum Gasteiger partial charge on any atom is -0.395 e. The van der Waals surface area contributed by atoms with Crippen LogP contribution in [-0.4, -0.2) is 46.3 Å². The van der Waals surface area contributed by atoms with E-state index in [2.05, 4.69) is 0 Å². The molecule has 0 heterocycles. The van der Waals surface area contributed by atoms with Crippen molar-refractivity contribution >= 4 is 7.92 Å². The van der Waals surface area contributed by atoms with E-state index < -0.39 is 19.5 Å². The van der Waals surface area contributed by atoms with Gasteiger partial charge in [0.1, 0.15) is 0 Å². The maximum absolute atomic E-state index is 10.7. The minimum atomic E-state index is -1.54. The number of aliphatic hydroxyl groups is 2. The van der Waals surface area contributed by atoms with Crippen LogP contribution in [0.3, 0.4) is 0 Å². The number of nitrogens with two attached hydrogens (primary N) is 1. The van der Waals surface area contributed by atoms with Crippen LogP contribution >= 0.6 is 7.92 Å². The summed E-state index contributed by atoms with van der Waals surface area (Å²) in [5, 5.41) is 28.5. The molecule has 0 saturated carbocycles. The highest BCUT2D eigenvalue weighted by Crippen LogP contribution is 2.57. The van der Waals surface area contributed by atoms with Crippen molar-refractivity contribution in [2.24, 2.45) is 5.73 Å². The first-order chi connectivity index (χ1) is 8.31. The highest BCUT2D eigenvalue weighted by atomic mass is 31.1. The summed E-state index contributed by atoms with van der Waals surface area (Å²) in [6, 6.07) is 1.11. The van der Waals surface area contributed by atoms with Gasteiger partial charge in [-0.05, 0) is 19.2 Å². The van der Waals surface area contributed by atoms with E-state index in [0.29, 0.717) is 0 Å². The first kappa shape index (κ1) is 17.8. The third-order valence-electron chi connectivity index (χ3n) is 2.69. The second-order valence-electron chi connectivity index (χ2n) is 4.80. The highest BCUT2D eigenvalue weighted by molar-refractivity contribution is 7.60. The van der Waals surface area contributed by atoms with Gasteiger partial charge in [-0.1, -0.05) is 27.7 Å². The average Bonchev–Trinajstić information content (AvgIpc) is 2.27. The minimum absolute atomic E-state index is 0.124. The summed E-state index contributed by atoms with van der Waals surface area (Å²) >= 11 is 0. The molecule has 4 N–H and O–H groups in total. The van der Waals surface area contributed by atoms with Crippen LogP contribution in [0.2, 0.25) is 0 Å². The number of rotatable bonds is 8. The maximum Gasteiger partial charge on any atom is 0.202 e. The molecule has 5 nitrogen and oxygen atoms in total. The molecule has 0 aromatic heterocycles. The van der Waals surface area contributed by atoms with Crippen LogP contribution in [0.25, 0.3) is 0 Å². The predicted molar refractivity (Wildman–Crippen MR) is 73.4 cm³/mol. The lowest BCUT2D eigenvalue weighted by Crippen LogP contribution is -2.53. The van der Waals surface area contributed by atoms with E-state index in [1.54, 1.807) is 0 Å². The average molecular weight is 276 g/mol. The molecule has 0 amide bonds. The molecule has 106 valence electrons. The summed E-state index contributed by atoms with van der Waals surface area (Å²) in [5.41, 5.74) is 4.71. The van der Waals surface area contributed by atoms with Gasteiger partial charge in [0, 0.05) is 0 Å². The molecule has 0 fully saturated rings. The number of ether oxygens (including phenoxy) is 1. The summed E-state index contributed by atoms with van der Waals surface area (Å²) < 4.78 is 5.48. The lowest BCUT2D eigenvalue weighted by Gasteiger charge is -2.43. The normalized spacial score (nSPS) is 16.9. The van der Waals surface area contributed by atoms with Gasteiger partial charge in [-0.15, -0.1) is 0 Å². The van der Waals surface area contributed by atoms with Crippen LogP contribution in [0.1, 0.15) is 34.1 Å². The van der Waals surface area contributed by atoms with E-state index in [0.717, 1.165) is 0 Å². The molecule has 2 unspecified atom stereocenters. The summed E-state index contributed by atoms with van der Waals surface area (Å²) in [7, 11) is -0.947. The summed E-state index contributed by atoms with van der Waals surface area (Å²) in [6.07, 6.45) is 0.194. The fraction of sp³-hybridized carbons (Fsp3) is 0.917. The zero-order chi connectivity index (χ0) is 14.3. The quantitative estimate of drug-likeness (QED) is 0.351. The fourth-order valence-electron chi connectivity index (χ4n) is 2.08. The molecule has 18 heavy (non-hydrogen) atoms. The molecule has 0 aromatic rings. The Morgan fingerprint density at radius 2 is 1.83 bits per heavy atom. The maximum atomic E-state index is 10.7. The van der Waals surface area contributed by atoms with E-state index in [-0.39, 0.29) is 31.0 Å². The Bertz CT molecular complexity index is 273. The van der Waals surface area contributed by atoms with Gasteiger partial charge in [0.15, 0.2) is 0 Å². The van der Waals surface area contributed by atoms with Gasteiger partial charge in [0.05, 0.1) is 31.7 Å². The molecule has 0 saturated heterocycles.